The van der Waals surface area contributed by atoms with Crippen LogP contribution in [0.25, 0.3) is 0 Å². The fraction of sp³-hybridized carbons (Fsp3) is 0.474. The Labute approximate surface area is 164 Å². The lowest BCUT2D eigenvalue weighted by atomic mass is 10.2. The van der Waals surface area contributed by atoms with Crippen LogP contribution in [-0.4, -0.2) is 49.1 Å². The fourth-order valence-corrected chi connectivity index (χ4v) is 2.02. The van der Waals surface area contributed by atoms with Crippen LogP contribution >= 0.6 is 0 Å². The van der Waals surface area contributed by atoms with Gasteiger partial charge in [-0.2, -0.15) is 0 Å². The molecular formula is C19H27N3O6. The molecule has 3 N–H and O–H groups in total. The molecule has 0 heterocycles. The number of ether oxygens (including phenoxy) is 2. The van der Waals surface area contributed by atoms with Gasteiger partial charge in [0.15, 0.2) is 0 Å². The molecule has 0 saturated carbocycles. The van der Waals surface area contributed by atoms with Crippen molar-refractivity contribution in [2.75, 3.05) is 19.6 Å². The molecule has 28 heavy (non-hydrogen) atoms. The third-order valence-corrected chi connectivity index (χ3v) is 3.11. The molecule has 0 aliphatic rings. The minimum atomic E-state index is -0.661. The van der Waals surface area contributed by atoms with E-state index in [2.05, 4.69) is 16.0 Å². The summed E-state index contributed by atoms with van der Waals surface area (Å²) in [4.78, 5) is 46.1. The monoisotopic (exact) mass is 393 g/mol. The zero-order valence-corrected chi connectivity index (χ0v) is 16.6. The van der Waals surface area contributed by atoms with Gasteiger partial charge in [-0.15, -0.1) is 0 Å². The smallest absolute Gasteiger partial charge is 0.408 e. The van der Waals surface area contributed by atoms with E-state index in [0.29, 0.717) is 30.8 Å². The van der Waals surface area contributed by atoms with E-state index in [-0.39, 0.29) is 18.4 Å². The molecular weight excluding hydrogens is 366 g/mol. The van der Waals surface area contributed by atoms with Crippen molar-refractivity contribution in [3.05, 3.63) is 29.8 Å². The second kappa shape index (κ2) is 10.9. The molecule has 3 amide bonds. The summed E-state index contributed by atoms with van der Waals surface area (Å²) in [6.45, 7) is 6.96. The van der Waals surface area contributed by atoms with E-state index >= 15 is 0 Å². The summed E-state index contributed by atoms with van der Waals surface area (Å²) in [5.41, 5.74) is -0.263. The van der Waals surface area contributed by atoms with Crippen LogP contribution < -0.4 is 20.7 Å². The van der Waals surface area contributed by atoms with Gasteiger partial charge in [0.05, 0.1) is 6.54 Å². The highest BCUT2D eigenvalue weighted by atomic mass is 16.6. The van der Waals surface area contributed by atoms with Gasteiger partial charge in [-0.1, -0.05) is 6.07 Å². The van der Waals surface area contributed by atoms with Gasteiger partial charge in [0.25, 0.3) is 5.91 Å². The Bertz CT molecular complexity index is 712. The Morgan fingerprint density at radius 3 is 2.32 bits per heavy atom. The maximum Gasteiger partial charge on any atom is 0.408 e. The van der Waals surface area contributed by atoms with Crippen LogP contribution in [0.3, 0.4) is 0 Å². The molecule has 9 heteroatoms. The Morgan fingerprint density at radius 2 is 1.68 bits per heavy atom. The summed E-state index contributed by atoms with van der Waals surface area (Å²) in [7, 11) is 0. The van der Waals surface area contributed by atoms with Crippen molar-refractivity contribution >= 4 is 23.9 Å². The SMILES string of the molecule is CC(=O)Oc1cccc(C(=O)NCCCNC(=O)CNC(=O)OC(C)(C)C)c1. The first-order valence-corrected chi connectivity index (χ1v) is 8.87. The minimum Gasteiger partial charge on any atom is -0.444 e. The predicted molar refractivity (Wildman–Crippen MR) is 102 cm³/mol. The van der Waals surface area contributed by atoms with Gasteiger partial charge in [0.2, 0.25) is 5.91 Å². The molecule has 0 aliphatic carbocycles. The molecule has 1 aromatic carbocycles. The molecule has 1 aromatic rings. The Balaban J connectivity index is 2.23. The number of carbonyl (C=O) groups is 4. The molecule has 0 fully saturated rings. The average Bonchev–Trinajstić information content (AvgIpc) is 2.57. The van der Waals surface area contributed by atoms with Gasteiger partial charge >= 0.3 is 12.1 Å². The standard InChI is InChI=1S/C19H27N3O6/c1-13(23)27-15-8-5-7-14(11-15)17(25)21-10-6-9-20-16(24)12-22-18(26)28-19(2,3)4/h5,7-8,11H,6,9-10,12H2,1-4H3,(H,20,24)(H,21,25)(H,22,26). The van der Waals surface area contributed by atoms with Crippen LogP contribution in [0.4, 0.5) is 4.79 Å². The molecule has 0 unspecified atom stereocenters. The normalized spacial score (nSPS) is 10.6. The first-order chi connectivity index (χ1) is 13.1. The molecule has 9 nitrogen and oxygen atoms in total. The fourth-order valence-electron chi connectivity index (χ4n) is 2.02. The summed E-state index contributed by atoms with van der Waals surface area (Å²) in [5.74, 6) is -0.836. The van der Waals surface area contributed by atoms with Crippen molar-refractivity contribution in [2.24, 2.45) is 0 Å². The molecule has 0 bridgehead atoms. The summed E-state index contributed by atoms with van der Waals surface area (Å²) < 4.78 is 9.96. The van der Waals surface area contributed by atoms with Gasteiger partial charge in [0.1, 0.15) is 11.4 Å². The molecule has 0 aromatic heterocycles. The number of rotatable bonds is 8. The summed E-state index contributed by atoms with van der Waals surface area (Å²) in [6.07, 6.45) is -0.154. The van der Waals surface area contributed by atoms with Gasteiger partial charge in [-0.3, -0.25) is 14.4 Å². The highest BCUT2D eigenvalue weighted by Gasteiger charge is 2.16. The van der Waals surface area contributed by atoms with Crippen LogP contribution in [0, 0.1) is 0 Å². The van der Waals surface area contributed by atoms with Crippen LogP contribution in [0.5, 0.6) is 5.75 Å². The molecule has 0 spiro atoms. The van der Waals surface area contributed by atoms with Crippen molar-refractivity contribution in [3.8, 4) is 5.75 Å². The van der Waals surface area contributed by atoms with Crippen molar-refractivity contribution in [1.29, 1.82) is 0 Å². The lowest BCUT2D eigenvalue weighted by Crippen LogP contribution is -2.40. The molecule has 0 aliphatic heterocycles. The van der Waals surface area contributed by atoms with Gasteiger partial charge in [-0.25, -0.2) is 4.79 Å². The number of hydrogen-bond donors (Lipinski definition) is 3. The largest absolute Gasteiger partial charge is 0.444 e. The second-order valence-corrected chi connectivity index (χ2v) is 6.94. The second-order valence-electron chi connectivity index (χ2n) is 6.94. The summed E-state index contributed by atoms with van der Waals surface area (Å²) in [6, 6.07) is 6.28. The molecule has 1 rings (SSSR count). The predicted octanol–water partition coefficient (Wildman–Crippen LogP) is 1.37. The van der Waals surface area contributed by atoms with Gasteiger partial charge in [0, 0.05) is 25.6 Å². The average molecular weight is 393 g/mol. The third-order valence-electron chi connectivity index (χ3n) is 3.11. The molecule has 0 radical (unpaired) electrons. The molecule has 154 valence electrons. The first-order valence-electron chi connectivity index (χ1n) is 8.87. The van der Waals surface area contributed by atoms with Gasteiger partial charge in [-0.05, 0) is 45.4 Å². The first kappa shape index (κ1) is 22.9. The minimum absolute atomic E-state index is 0.190. The van der Waals surface area contributed by atoms with Crippen LogP contribution in [0.15, 0.2) is 24.3 Å². The van der Waals surface area contributed by atoms with E-state index in [1.807, 2.05) is 0 Å². The van der Waals surface area contributed by atoms with E-state index in [1.54, 1.807) is 39.0 Å². The Hall–Kier alpha value is -3.10. The van der Waals surface area contributed by atoms with Crippen molar-refractivity contribution < 1.29 is 28.7 Å². The highest BCUT2D eigenvalue weighted by molar-refractivity contribution is 5.94. The van der Waals surface area contributed by atoms with E-state index in [1.165, 1.54) is 13.0 Å². The summed E-state index contributed by atoms with van der Waals surface area (Å²) >= 11 is 0. The zero-order valence-electron chi connectivity index (χ0n) is 16.6. The zero-order chi connectivity index (χ0) is 21.2. The van der Waals surface area contributed by atoms with Crippen molar-refractivity contribution in [1.82, 2.24) is 16.0 Å². The Morgan fingerprint density at radius 1 is 1.00 bits per heavy atom. The Kier molecular flexibility index (Phi) is 8.94. The topological polar surface area (TPSA) is 123 Å². The van der Waals surface area contributed by atoms with E-state index in [4.69, 9.17) is 9.47 Å². The maximum absolute atomic E-state index is 12.1. The van der Waals surface area contributed by atoms with Crippen LogP contribution in [-0.2, 0) is 14.3 Å². The van der Waals surface area contributed by atoms with E-state index in [9.17, 15) is 19.2 Å². The van der Waals surface area contributed by atoms with Crippen molar-refractivity contribution in [3.63, 3.8) is 0 Å². The van der Waals surface area contributed by atoms with E-state index in [0.717, 1.165) is 0 Å². The lowest BCUT2D eigenvalue weighted by Gasteiger charge is -2.19. The number of hydrogen-bond acceptors (Lipinski definition) is 6. The van der Waals surface area contributed by atoms with Gasteiger partial charge < -0.3 is 25.4 Å². The van der Waals surface area contributed by atoms with Crippen LogP contribution in [0.2, 0.25) is 0 Å². The molecule has 0 atom stereocenters. The maximum atomic E-state index is 12.1. The molecule has 0 saturated heterocycles. The number of carbonyl (C=O) groups excluding carboxylic acids is 4. The van der Waals surface area contributed by atoms with E-state index < -0.39 is 17.7 Å². The van der Waals surface area contributed by atoms with Crippen LogP contribution in [0.1, 0.15) is 44.5 Å². The lowest BCUT2D eigenvalue weighted by molar-refractivity contribution is -0.131. The quantitative estimate of drug-likeness (QED) is 0.348. The number of alkyl carbamates (subject to hydrolysis) is 1. The van der Waals surface area contributed by atoms with Crippen molar-refractivity contribution in [2.45, 2.75) is 39.7 Å². The number of benzene rings is 1. The number of esters is 1. The third kappa shape index (κ3) is 10.1. The summed E-state index contributed by atoms with van der Waals surface area (Å²) in [5, 5.41) is 7.70. The number of amides is 3. The number of nitrogens with one attached hydrogen (secondary N) is 3. The highest BCUT2D eigenvalue weighted by Crippen LogP contribution is 2.13.